The molecule has 0 bridgehead atoms. The molecule has 0 aliphatic carbocycles. The van der Waals surface area contributed by atoms with E-state index in [0.717, 1.165) is 5.69 Å². The zero-order valence-electron chi connectivity index (χ0n) is 31.8. The number of rotatable bonds is 10. The molecule has 7 rings (SSSR count). The molecule has 1 fully saturated rings. The van der Waals surface area contributed by atoms with Crippen LogP contribution in [-0.4, -0.2) is 87.1 Å². The molecule has 1 aromatic carbocycles. The van der Waals surface area contributed by atoms with Crippen LogP contribution >= 0.6 is 0 Å². The molecule has 0 saturated carbocycles. The lowest BCUT2D eigenvalue weighted by Gasteiger charge is -2.18. The number of carbonyl (C=O) groups is 1. The molecular formula is C38H42FN13O4. The van der Waals surface area contributed by atoms with Gasteiger partial charge in [-0.25, -0.2) is 14.4 Å². The minimum atomic E-state index is -1.50. The third-order valence-corrected chi connectivity index (χ3v) is 9.36. The zero-order valence-corrected chi connectivity index (χ0v) is 31.8. The average molecular weight is 764 g/mol. The maximum atomic E-state index is 15.7. The SMILES string of the molecule is C=C(Cn1c(=O)/c(=C/c2nc[nH]c2C(C)(C)C)[nH]c(=O)/c1=C/c1ccccc1)C(=O)N[C@@H]1CN(c2nc(Nc3cn(C)nc3OC)c3ncn(C)c3n2)C[C@H]1F. The van der Waals surface area contributed by atoms with Gasteiger partial charge < -0.3 is 34.8 Å². The molecule has 290 valence electrons. The van der Waals surface area contributed by atoms with Crippen molar-refractivity contribution < 1.29 is 13.9 Å². The van der Waals surface area contributed by atoms with E-state index in [1.165, 1.54) is 24.1 Å². The number of aromatic nitrogens is 10. The Labute approximate surface area is 319 Å². The summed E-state index contributed by atoms with van der Waals surface area (Å²) in [6, 6.07) is 8.04. The second-order valence-electron chi connectivity index (χ2n) is 14.6. The third kappa shape index (κ3) is 7.44. The highest BCUT2D eigenvalue weighted by Crippen LogP contribution is 2.31. The molecule has 6 aromatic rings. The predicted molar refractivity (Wildman–Crippen MR) is 209 cm³/mol. The summed E-state index contributed by atoms with van der Waals surface area (Å²) in [6.07, 6.45) is 6.42. The minimum absolute atomic E-state index is 0.0109. The van der Waals surface area contributed by atoms with Crippen LogP contribution in [0.25, 0.3) is 23.3 Å². The normalized spacial score (nSPS) is 16.5. The van der Waals surface area contributed by atoms with Gasteiger partial charge in [0.25, 0.3) is 17.0 Å². The Morgan fingerprint density at radius 3 is 2.61 bits per heavy atom. The average Bonchev–Trinajstić information content (AvgIpc) is 3.95. The van der Waals surface area contributed by atoms with Crippen molar-refractivity contribution in [2.24, 2.45) is 14.1 Å². The molecule has 0 radical (unpaired) electrons. The first-order valence-electron chi connectivity index (χ1n) is 17.8. The first-order valence-corrected chi connectivity index (χ1v) is 17.8. The lowest BCUT2D eigenvalue weighted by atomic mass is 9.90. The summed E-state index contributed by atoms with van der Waals surface area (Å²) in [6.45, 7) is 9.51. The Bertz CT molecular complexity index is 2700. The van der Waals surface area contributed by atoms with Crippen LogP contribution in [0.15, 0.2) is 70.9 Å². The number of halogens is 1. The van der Waals surface area contributed by atoms with Crippen LogP contribution < -0.4 is 42.1 Å². The Morgan fingerprint density at radius 2 is 1.88 bits per heavy atom. The fourth-order valence-corrected chi connectivity index (χ4v) is 6.53. The standard InChI is InChI=1S/C38H42FN13O4/c1-21(15-52-28(13-22-11-9-8-10-12-22)34(54)44-25(36(52)55)14-24-30(38(2,3)4)41-19-40-24)33(53)45-26-18-51(16-23(26)39)37-46-31(29-32(47-37)49(5)20-42-29)43-27-17-50(6)48-35(27)56-7/h8-14,17,19-20,23,26H,1,15-16,18H2,2-7H3,(H,40,41)(H,44,54)(H,45,53)(H,43,46,47)/b25-14-,28-13-/t23-,26-/m1/s1. The van der Waals surface area contributed by atoms with Crippen LogP contribution in [0, 0.1) is 0 Å². The van der Waals surface area contributed by atoms with Crippen LogP contribution in [0.4, 0.5) is 21.8 Å². The van der Waals surface area contributed by atoms with Crippen molar-refractivity contribution in [2.75, 3.05) is 30.4 Å². The molecule has 0 unspecified atom stereocenters. The number of imidazole rings is 2. The molecule has 56 heavy (non-hydrogen) atoms. The largest absolute Gasteiger partial charge is 0.478 e. The number of aromatic amines is 2. The quantitative estimate of drug-likeness (QED) is 0.147. The predicted octanol–water partition coefficient (Wildman–Crippen LogP) is 1.28. The van der Waals surface area contributed by atoms with E-state index in [2.05, 4.69) is 52.2 Å². The smallest absolute Gasteiger partial charge is 0.275 e. The molecule has 1 saturated heterocycles. The van der Waals surface area contributed by atoms with Crippen LogP contribution in [0.2, 0.25) is 0 Å². The molecule has 0 spiro atoms. The van der Waals surface area contributed by atoms with E-state index in [1.807, 2.05) is 26.8 Å². The summed E-state index contributed by atoms with van der Waals surface area (Å²) in [7, 11) is 5.04. The van der Waals surface area contributed by atoms with Gasteiger partial charge in [-0.1, -0.05) is 57.7 Å². The maximum Gasteiger partial charge on any atom is 0.275 e. The summed E-state index contributed by atoms with van der Waals surface area (Å²) in [5, 5.41) is 10.2. The van der Waals surface area contributed by atoms with Crippen molar-refractivity contribution in [3.05, 3.63) is 110 Å². The number of aryl methyl sites for hydroxylation is 2. The summed E-state index contributed by atoms with van der Waals surface area (Å²) in [5.74, 6) is 0.243. The molecular weight excluding hydrogens is 722 g/mol. The van der Waals surface area contributed by atoms with Gasteiger partial charge in [-0.3, -0.25) is 23.6 Å². The Hall–Kier alpha value is -6.85. The molecule has 1 aliphatic heterocycles. The van der Waals surface area contributed by atoms with E-state index in [9.17, 15) is 14.4 Å². The number of carbonyl (C=O) groups excluding carboxylic acids is 1. The lowest BCUT2D eigenvalue weighted by Crippen LogP contribution is -2.54. The van der Waals surface area contributed by atoms with Crippen molar-refractivity contribution >= 4 is 46.7 Å². The molecule has 6 heterocycles. The molecule has 4 N–H and O–H groups in total. The Kier molecular flexibility index (Phi) is 9.88. The molecule has 1 amide bonds. The number of hydrogen-bond acceptors (Lipinski definition) is 11. The van der Waals surface area contributed by atoms with E-state index in [4.69, 9.17) is 4.74 Å². The number of fused-ring (bicyclic) bond motifs is 1. The van der Waals surface area contributed by atoms with Gasteiger partial charge in [0.15, 0.2) is 17.0 Å². The highest BCUT2D eigenvalue weighted by atomic mass is 19.1. The van der Waals surface area contributed by atoms with E-state index >= 15 is 4.39 Å². The van der Waals surface area contributed by atoms with E-state index in [0.29, 0.717) is 39.8 Å². The monoisotopic (exact) mass is 763 g/mol. The van der Waals surface area contributed by atoms with E-state index in [-0.39, 0.29) is 47.3 Å². The number of nitrogens with one attached hydrogen (secondary N) is 4. The second-order valence-corrected chi connectivity index (χ2v) is 14.6. The summed E-state index contributed by atoms with van der Waals surface area (Å²) < 4.78 is 25.6. The van der Waals surface area contributed by atoms with Gasteiger partial charge >= 0.3 is 0 Å². The number of anilines is 3. The van der Waals surface area contributed by atoms with Crippen molar-refractivity contribution in [3.8, 4) is 5.88 Å². The minimum Gasteiger partial charge on any atom is -0.478 e. The van der Waals surface area contributed by atoms with Gasteiger partial charge in [0.05, 0.1) is 50.8 Å². The van der Waals surface area contributed by atoms with Crippen LogP contribution in [-0.2, 0) is 30.8 Å². The summed E-state index contributed by atoms with van der Waals surface area (Å²) >= 11 is 0. The van der Waals surface area contributed by atoms with Crippen molar-refractivity contribution in [1.29, 1.82) is 0 Å². The number of H-pyrrole nitrogens is 2. The Morgan fingerprint density at radius 1 is 1.11 bits per heavy atom. The van der Waals surface area contributed by atoms with Crippen molar-refractivity contribution in [1.82, 2.24) is 54.1 Å². The first kappa shape index (κ1) is 37.5. The lowest BCUT2D eigenvalue weighted by molar-refractivity contribution is -0.118. The van der Waals surface area contributed by atoms with Gasteiger partial charge in [0.2, 0.25) is 11.9 Å². The van der Waals surface area contributed by atoms with Crippen molar-refractivity contribution in [3.63, 3.8) is 0 Å². The van der Waals surface area contributed by atoms with Gasteiger partial charge in [-0.05, 0) is 17.7 Å². The number of hydrogen-bond donors (Lipinski definition) is 4. The number of benzene rings is 1. The number of methoxy groups -OCH3 is 1. The van der Waals surface area contributed by atoms with Gasteiger partial charge in [-0.15, -0.1) is 5.10 Å². The van der Waals surface area contributed by atoms with E-state index < -0.39 is 29.2 Å². The van der Waals surface area contributed by atoms with Gasteiger partial charge in [0, 0.05) is 37.3 Å². The molecule has 18 heteroatoms. The van der Waals surface area contributed by atoms with Crippen LogP contribution in [0.1, 0.15) is 37.7 Å². The number of nitrogens with zero attached hydrogens (tertiary/aromatic N) is 9. The van der Waals surface area contributed by atoms with Gasteiger partial charge in [-0.2, -0.15) is 9.97 Å². The molecule has 5 aromatic heterocycles. The zero-order chi connectivity index (χ0) is 39.9. The van der Waals surface area contributed by atoms with E-state index in [1.54, 1.807) is 71.1 Å². The van der Waals surface area contributed by atoms with Crippen LogP contribution in [0.3, 0.4) is 0 Å². The highest BCUT2D eigenvalue weighted by molar-refractivity contribution is 5.93. The number of amides is 1. The number of ether oxygens (including phenoxy) is 1. The summed E-state index contributed by atoms with van der Waals surface area (Å²) in [4.78, 5) is 66.9. The number of alkyl halides is 1. The second kappa shape index (κ2) is 14.8. The molecule has 2 atom stereocenters. The fraction of sp³-hybridized carbons (Fsp3) is 0.316. The van der Waals surface area contributed by atoms with Crippen molar-refractivity contribution in [2.45, 2.75) is 44.9 Å². The Balaban J connectivity index is 1.16. The summed E-state index contributed by atoms with van der Waals surface area (Å²) in [5.41, 5.74) is 1.93. The molecule has 1 aliphatic rings. The molecule has 17 nitrogen and oxygen atoms in total. The van der Waals surface area contributed by atoms with Crippen LogP contribution in [0.5, 0.6) is 5.88 Å². The fourth-order valence-electron chi connectivity index (χ4n) is 6.53. The third-order valence-electron chi connectivity index (χ3n) is 9.36. The first-order chi connectivity index (χ1) is 26.7. The highest BCUT2D eigenvalue weighted by Gasteiger charge is 2.36. The maximum absolute atomic E-state index is 15.7. The van der Waals surface area contributed by atoms with Gasteiger partial charge in [0.1, 0.15) is 22.6 Å². The topological polar surface area (TPSA) is 199 Å².